The van der Waals surface area contributed by atoms with E-state index in [0.29, 0.717) is 6.61 Å². The lowest BCUT2D eigenvalue weighted by molar-refractivity contribution is -0.142. The minimum absolute atomic E-state index is 0.183. The summed E-state index contributed by atoms with van der Waals surface area (Å²) in [6.07, 6.45) is 0.830. The summed E-state index contributed by atoms with van der Waals surface area (Å²) in [5, 5.41) is 11.7. The van der Waals surface area contributed by atoms with Crippen LogP contribution in [-0.4, -0.2) is 29.6 Å². The van der Waals surface area contributed by atoms with Crippen molar-refractivity contribution >= 4 is 11.9 Å². The van der Waals surface area contributed by atoms with Crippen LogP contribution in [0.25, 0.3) is 0 Å². The molecule has 1 aliphatic heterocycles. The molecule has 0 saturated carbocycles. The van der Waals surface area contributed by atoms with Gasteiger partial charge in [0.2, 0.25) is 5.91 Å². The van der Waals surface area contributed by atoms with Crippen molar-refractivity contribution in [2.24, 2.45) is 5.92 Å². The van der Waals surface area contributed by atoms with Crippen LogP contribution in [0.2, 0.25) is 0 Å². The Labute approximate surface area is 124 Å². The van der Waals surface area contributed by atoms with Crippen LogP contribution in [0, 0.1) is 5.92 Å². The van der Waals surface area contributed by atoms with Crippen LogP contribution in [0.15, 0.2) is 24.3 Å². The zero-order valence-electron chi connectivity index (χ0n) is 12.3. The van der Waals surface area contributed by atoms with Gasteiger partial charge in [0.05, 0.1) is 25.0 Å². The first-order valence-corrected chi connectivity index (χ1v) is 7.20. The van der Waals surface area contributed by atoms with Crippen LogP contribution in [0.3, 0.4) is 0 Å². The SMILES string of the molecule is CC(NC(=O)CC1OCCc2ccccc21)C(C)C(=O)O. The summed E-state index contributed by atoms with van der Waals surface area (Å²) in [6.45, 7) is 3.89. The molecule has 0 saturated heterocycles. The molecule has 0 aliphatic carbocycles. The standard InChI is InChI=1S/C16H21NO4/c1-10(16(19)20)11(2)17-15(18)9-14-13-6-4-3-5-12(13)7-8-21-14/h3-6,10-11,14H,7-9H2,1-2H3,(H,17,18)(H,19,20). The van der Waals surface area contributed by atoms with Crippen molar-refractivity contribution in [3.8, 4) is 0 Å². The normalized spacial score (nSPS) is 20.2. The summed E-state index contributed by atoms with van der Waals surface area (Å²) in [7, 11) is 0. The Kier molecular flexibility index (Phi) is 4.96. The number of rotatable bonds is 5. The number of amides is 1. The highest BCUT2D eigenvalue weighted by atomic mass is 16.5. The average molecular weight is 291 g/mol. The Morgan fingerprint density at radius 2 is 2.10 bits per heavy atom. The minimum atomic E-state index is -0.915. The summed E-state index contributed by atoms with van der Waals surface area (Å²) in [6, 6.07) is 7.55. The van der Waals surface area contributed by atoms with Gasteiger partial charge in [-0.25, -0.2) is 0 Å². The van der Waals surface area contributed by atoms with E-state index in [-0.39, 0.29) is 18.4 Å². The molecular formula is C16H21NO4. The summed E-state index contributed by atoms with van der Waals surface area (Å²) in [5.41, 5.74) is 2.27. The Morgan fingerprint density at radius 3 is 2.81 bits per heavy atom. The lowest BCUT2D eigenvalue weighted by Crippen LogP contribution is -2.40. The van der Waals surface area contributed by atoms with Gasteiger partial charge >= 0.3 is 5.97 Å². The number of carboxylic acids is 1. The van der Waals surface area contributed by atoms with Gasteiger partial charge in [-0.05, 0) is 31.4 Å². The van der Waals surface area contributed by atoms with Crippen LogP contribution in [0.1, 0.15) is 37.5 Å². The number of carboxylic acid groups (broad SMARTS) is 1. The van der Waals surface area contributed by atoms with Crippen molar-refractivity contribution in [3.05, 3.63) is 35.4 Å². The maximum atomic E-state index is 12.1. The summed E-state index contributed by atoms with van der Waals surface area (Å²) in [5.74, 6) is -1.71. The first kappa shape index (κ1) is 15.5. The number of nitrogens with one attached hydrogen (secondary N) is 1. The van der Waals surface area contributed by atoms with Crippen molar-refractivity contribution in [3.63, 3.8) is 0 Å². The highest BCUT2D eigenvalue weighted by molar-refractivity contribution is 5.78. The largest absolute Gasteiger partial charge is 0.481 e. The fourth-order valence-corrected chi connectivity index (χ4v) is 2.47. The zero-order valence-corrected chi connectivity index (χ0v) is 12.3. The molecule has 2 N–H and O–H groups in total. The maximum Gasteiger partial charge on any atom is 0.308 e. The Hall–Kier alpha value is -1.88. The van der Waals surface area contributed by atoms with Crippen molar-refractivity contribution in [2.75, 3.05) is 6.61 Å². The molecule has 21 heavy (non-hydrogen) atoms. The number of benzene rings is 1. The van der Waals surface area contributed by atoms with Crippen LogP contribution in [0.4, 0.5) is 0 Å². The first-order chi connectivity index (χ1) is 9.99. The van der Waals surface area contributed by atoms with Gasteiger partial charge < -0.3 is 15.2 Å². The fourth-order valence-electron chi connectivity index (χ4n) is 2.47. The zero-order chi connectivity index (χ0) is 15.4. The predicted octanol–water partition coefficient (Wildman–Crippen LogP) is 1.92. The molecule has 1 heterocycles. The van der Waals surface area contributed by atoms with E-state index in [1.807, 2.05) is 18.2 Å². The van der Waals surface area contributed by atoms with Crippen LogP contribution in [0.5, 0.6) is 0 Å². The average Bonchev–Trinajstić information content (AvgIpc) is 2.46. The lowest BCUT2D eigenvalue weighted by Gasteiger charge is -2.26. The molecule has 3 atom stereocenters. The number of ether oxygens (including phenoxy) is 1. The Balaban J connectivity index is 1.96. The molecular weight excluding hydrogens is 270 g/mol. The molecule has 1 aliphatic rings. The van der Waals surface area contributed by atoms with Crippen molar-refractivity contribution in [2.45, 2.75) is 38.8 Å². The van der Waals surface area contributed by atoms with Crippen molar-refractivity contribution < 1.29 is 19.4 Å². The molecule has 1 aromatic carbocycles. The van der Waals surface area contributed by atoms with E-state index >= 15 is 0 Å². The van der Waals surface area contributed by atoms with E-state index in [4.69, 9.17) is 9.84 Å². The van der Waals surface area contributed by atoms with E-state index in [1.54, 1.807) is 13.8 Å². The number of carbonyl (C=O) groups is 2. The van der Waals surface area contributed by atoms with Gasteiger partial charge in [-0.3, -0.25) is 9.59 Å². The van der Waals surface area contributed by atoms with Gasteiger partial charge in [0, 0.05) is 6.04 Å². The second-order valence-electron chi connectivity index (χ2n) is 5.50. The fraction of sp³-hybridized carbons (Fsp3) is 0.500. The first-order valence-electron chi connectivity index (χ1n) is 7.20. The number of carbonyl (C=O) groups excluding carboxylic acids is 1. The number of hydrogen-bond donors (Lipinski definition) is 2. The van der Waals surface area contributed by atoms with Crippen molar-refractivity contribution in [1.82, 2.24) is 5.32 Å². The van der Waals surface area contributed by atoms with Crippen LogP contribution >= 0.6 is 0 Å². The summed E-state index contributed by atoms with van der Waals surface area (Å²) in [4.78, 5) is 23.0. The molecule has 0 radical (unpaired) electrons. The minimum Gasteiger partial charge on any atom is -0.481 e. The van der Waals surface area contributed by atoms with Gasteiger partial charge in [-0.15, -0.1) is 0 Å². The maximum absolute atomic E-state index is 12.1. The molecule has 1 aromatic rings. The number of aliphatic carboxylic acids is 1. The molecule has 2 rings (SSSR count). The van der Waals surface area contributed by atoms with E-state index in [0.717, 1.165) is 12.0 Å². The molecule has 5 nitrogen and oxygen atoms in total. The molecule has 114 valence electrons. The number of fused-ring (bicyclic) bond motifs is 1. The summed E-state index contributed by atoms with van der Waals surface area (Å²) >= 11 is 0. The molecule has 0 bridgehead atoms. The Bertz CT molecular complexity index is 529. The second-order valence-corrected chi connectivity index (χ2v) is 5.50. The third-order valence-electron chi connectivity index (χ3n) is 3.99. The van der Waals surface area contributed by atoms with Gasteiger partial charge in [-0.1, -0.05) is 24.3 Å². The molecule has 0 fully saturated rings. The smallest absolute Gasteiger partial charge is 0.308 e. The van der Waals surface area contributed by atoms with E-state index in [2.05, 4.69) is 11.4 Å². The van der Waals surface area contributed by atoms with Crippen LogP contribution < -0.4 is 5.32 Å². The second kappa shape index (κ2) is 6.72. The number of hydrogen-bond acceptors (Lipinski definition) is 3. The van der Waals surface area contributed by atoms with E-state index in [9.17, 15) is 9.59 Å². The Morgan fingerprint density at radius 1 is 1.38 bits per heavy atom. The molecule has 5 heteroatoms. The predicted molar refractivity (Wildman–Crippen MR) is 77.9 cm³/mol. The monoisotopic (exact) mass is 291 g/mol. The molecule has 3 unspecified atom stereocenters. The van der Waals surface area contributed by atoms with Gasteiger partial charge in [0.1, 0.15) is 0 Å². The van der Waals surface area contributed by atoms with Gasteiger partial charge in [0.15, 0.2) is 0 Å². The van der Waals surface area contributed by atoms with Gasteiger partial charge in [0.25, 0.3) is 0 Å². The van der Waals surface area contributed by atoms with E-state index in [1.165, 1.54) is 5.56 Å². The van der Waals surface area contributed by atoms with Gasteiger partial charge in [-0.2, -0.15) is 0 Å². The summed E-state index contributed by atoms with van der Waals surface area (Å²) < 4.78 is 5.69. The van der Waals surface area contributed by atoms with Crippen LogP contribution in [-0.2, 0) is 20.7 Å². The highest BCUT2D eigenvalue weighted by Gasteiger charge is 2.25. The van der Waals surface area contributed by atoms with Crippen molar-refractivity contribution in [1.29, 1.82) is 0 Å². The van der Waals surface area contributed by atoms with E-state index < -0.39 is 17.9 Å². The molecule has 0 aromatic heterocycles. The quantitative estimate of drug-likeness (QED) is 0.869. The topological polar surface area (TPSA) is 75.6 Å². The molecule has 0 spiro atoms. The third kappa shape index (κ3) is 3.82. The third-order valence-corrected chi connectivity index (χ3v) is 3.99. The molecule has 1 amide bonds. The lowest BCUT2D eigenvalue weighted by atomic mass is 9.95. The highest BCUT2D eigenvalue weighted by Crippen LogP contribution is 2.29.